The van der Waals surface area contributed by atoms with E-state index in [4.69, 9.17) is 4.74 Å². The van der Waals surface area contributed by atoms with Crippen molar-refractivity contribution in [2.45, 2.75) is 26.8 Å². The molecule has 0 amide bonds. The molecule has 0 aliphatic rings. The zero-order valence-electron chi connectivity index (χ0n) is 10.9. The first-order valence-corrected chi connectivity index (χ1v) is 6.99. The van der Waals surface area contributed by atoms with Gasteiger partial charge in [-0.1, -0.05) is 6.92 Å². The van der Waals surface area contributed by atoms with Gasteiger partial charge in [-0.2, -0.15) is 10.1 Å². The van der Waals surface area contributed by atoms with Crippen molar-refractivity contribution in [3.05, 3.63) is 23.1 Å². The number of hydrogen-bond acceptors (Lipinski definition) is 5. The highest BCUT2D eigenvalue weighted by atomic mass is 79.9. The van der Waals surface area contributed by atoms with Crippen LogP contribution in [0.25, 0.3) is 0 Å². The number of nitrogens with one attached hydrogen (secondary N) is 1. The van der Waals surface area contributed by atoms with Crippen molar-refractivity contribution in [1.29, 1.82) is 0 Å². The molecular formula is C12H16BrN5O. The summed E-state index contributed by atoms with van der Waals surface area (Å²) in [5.74, 6) is 1.68. The fourth-order valence-corrected chi connectivity index (χ4v) is 1.80. The average Bonchev–Trinajstić information content (AvgIpc) is 2.82. The number of ether oxygens (including phenoxy) is 1. The molecule has 0 fully saturated rings. The van der Waals surface area contributed by atoms with Crippen LogP contribution in [0.5, 0.6) is 11.6 Å². The molecule has 0 aliphatic heterocycles. The fourth-order valence-electron chi connectivity index (χ4n) is 1.53. The molecule has 2 aromatic rings. The maximum Gasteiger partial charge on any atom is 0.238 e. The maximum atomic E-state index is 5.70. The van der Waals surface area contributed by atoms with E-state index in [1.165, 1.54) is 0 Å². The van der Waals surface area contributed by atoms with Gasteiger partial charge >= 0.3 is 0 Å². The molecule has 2 aromatic heterocycles. The molecule has 0 aliphatic carbocycles. The molecule has 0 saturated carbocycles. The van der Waals surface area contributed by atoms with E-state index in [0.29, 0.717) is 22.1 Å². The Morgan fingerprint density at radius 2 is 2.21 bits per heavy atom. The third-order valence-electron chi connectivity index (χ3n) is 2.32. The second kappa shape index (κ2) is 6.51. The maximum absolute atomic E-state index is 5.70. The van der Waals surface area contributed by atoms with Gasteiger partial charge in [0.1, 0.15) is 0 Å². The van der Waals surface area contributed by atoms with Crippen molar-refractivity contribution in [2.75, 3.05) is 11.9 Å². The van der Waals surface area contributed by atoms with Crippen LogP contribution in [-0.4, -0.2) is 26.3 Å². The predicted octanol–water partition coefficient (Wildman–Crippen LogP) is 3.07. The lowest BCUT2D eigenvalue weighted by molar-refractivity contribution is 0.457. The van der Waals surface area contributed by atoms with Crippen molar-refractivity contribution in [2.24, 2.45) is 0 Å². The quantitative estimate of drug-likeness (QED) is 0.884. The molecule has 7 heteroatoms. The lowest BCUT2D eigenvalue weighted by Gasteiger charge is -2.06. The van der Waals surface area contributed by atoms with Gasteiger partial charge < -0.3 is 10.1 Å². The normalized spacial score (nSPS) is 10.5. The summed E-state index contributed by atoms with van der Waals surface area (Å²) in [6.07, 6.45) is 6.22. The Labute approximate surface area is 120 Å². The van der Waals surface area contributed by atoms with E-state index in [1.54, 1.807) is 12.4 Å². The molecule has 2 rings (SSSR count). The molecule has 19 heavy (non-hydrogen) atoms. The van der Waals surface area contributed by atoms with E-state index < -0.39 is 0 Å². The molecule has 102 valence electrons. The Morgan fingerprint density at radius 1 is 1.37 bits per heavy atom. The van der Waals surface area contributed by atoms with E-state index >= 15 is 0 Å². The molecule has 6 nitrogen and oxygen atoms in total. The standard InChI is InChI=1S/C12H16BrN5O/c1-3-5-18-8-9(6-16-18)19-11-10(13)7-15-12(17-11)14-4-2/h6-8H,3-5H2,1-2H3,(H,14,15,17). The van der Waals surface area contributed by atoms with Crippen molar-refractivity contribution in [3.8, 4) is 11.6 Å². The van der Waals surface area contributed by atoms with Gasteiger partial charge in [-0.25, -0.2) is 4.98 Å². The predicted molar refractivity (Wildman–Crippen MR) is 76.5 cm³/mol. The van der Waals surface area contributed by atoms with Crippen molar-refractivity contribution >= 4 is 21.9 Å². The minimum absolute atomic E-state index is 0.474. The molecule has 0 spiro atoms. The monoisotopic (exact) mass is 325 g/mol. The molecule has 0 unspecified atom stereocenters. The number of anilines is 1. The van der Waals surface area contributed by atoms with E-state index in [-0.39, 0.29) is 0 Å². The van der Waals surface area contributed by atoms with E-state index in [1.807, 2.05) is 17.8 Å². The smallest absolute Gasteiger partial charge is 0.238 e. The Balaban J connectivity index is 2.14. The molecule has 0 atom stereocenters. The van der Waals surface area contributed by atoms with Crippen LogP contribution in [0, 0.1) is 0 Å². The van der Waals surface area contributed by atoms with Crippen molar-refractivity contribution < 1.29 is 4.74 Å². The van der Waals surface area contributed by atoms with Gasteiger partial charge in [0.05, 0.1) is 23.1 Å². The summed E-state index contributed by atoms with van der Waals surface area (Å²) in [6.45, 7) is 5.72. The van der Waals surface area contributed by atoms with Crippen LogP contribution in [0.4, 0.5) is 5.95 Å². The first-order chi connectivity index (χ1) is 9.22. The summed E-state index contributed by atoms with van der Waals surface area (Å²) in [5.41, 5.74) is 0. The summed E-state index contributed by atoms with van der Waals surface area (Å²) < 4.78 is 8.25. The molecule has 1 N–H and O–H groups in total. The lowest BCUT2D eigenvalue weighted by atomic mass is 10.5. The Kier molecular flexibility index (Phi) is 4.73. The van der Waals surface area contributed by atoms with Gasteiger partial charge in [0, 0.05) is 13.1 Å². The first kappa shape index (κ1) is 13.8. The van der Waals surface area contributed by atoms with Crippen molar-refractivity contribution in [3.63, 3.8) is 0 Å². The Morgan fingerprint density at radius 3 is 2.95 bits per heavy atom. The molecule has 0 saturated heterocycles. The highest BCUT2D eigenvalue weighted by Gasteiger charge is 2.08. The van der Waals surface area contributed by atoms with Crippen LogP contribution < -0.4 is 10.1 Å². The molecular weight excluding hydrogens is 310 g/mol. The second-order valence-electron chi connectivity index (χ2n) is 3.92. The number of aromatic nitrogens is 4. The van der Waals surface area contributed by atoms with Crippen LogP contribution >= 0.6 is 15.9 Å². The van der Waals surface area contributed by atoms with Gasteiger partial charge in [-0.3, -0.25) is 4.68 Å². The average molecular weight is 326 g/mol. The second-order valence-corrected chi connectivity index (χ2v) is 4.77. The highest BCUT2D eigenvalue weighted by molar-refractivity contribution is 9.10. The molecule has 0 radical (unpaired) electrons. The molecule has 0 aromatic carbocycles. The molecule has 0 bridgehead atoms. The van der Waals surface area contributed by atoms with Gasteiger partial charge in [0.15, 0.2) is 5.75 Å². The van der Waals surface area contributed by atoms with Crippen LogP contribution in [0.2, 0.25) is 0 Å². The van der Waals surface area contributed by atoms with Gasteiger partial charge in [0.2, 0.25) is 11.8 Å². The Hall–Kier alpha value is -1.63. The summed E-state index contributed by atoms with van der Waals surface area (Å²) in [6, 6.07) is 0. The zero-order valence-corrected chi connectivity index (χ0v) is 12.5. The van der Waals surface area contributed by atoms with Crippen LogP contribution in [0.3, 0.4) is 0 Å². The van der Waals surface area contributed by atoms with E-state index in [0.717, 1.165) is 19.5 Å². The number of nitrogens with zero attached hydrogens (tertiary/aromatic N) is 4. The largest absolute Gasteiger partial charge is 0.434 e. The number of hydrogen-bond donors (Lipinski definition) is 1. The minimum Gasteiger partial charge on any atom is -0.434 e. The minimum atomic E-state index is 0.474. The highest BCUT2D eigenvalue weighted by Crippen LogP contribution is 2.27. The first-order valence-electron chi connectivity index (χ1n) is 6.19. The Bertz CT molecular complexity index is 543. The summed E-state index contributed by atoms with van der Waals surface area (Å²) >= 11 is 3.37. The van der Waals surface area contributed by atoms with E-state index in [2.05, 4.69) is 43.2 Å². The number of rotatable bonds is 6. The lowest BCUT2D eigenvalue weighted by Crippen LogP contribution is -2.02. The zero-order chi connectivity index (χ0) is 13.7. The van der Waals surface area contributed by atoms with Gasteiger partial charge in [0.25, 0.3) is 0 Å². The SMILES string of the molecule is CCCn1cc(Oc2nc(NCC)ncc2Br)cn1. The third kappa shape index (κ3) is 3.66. The summed E-state index contributed by atoms with van der Waals surface area (Å²) in [7, 11) is 0. The topological polar surface area (TPSA) is 64.9 Å². The fraction of sp³-hybridized carbons (Fsp3) is 0.417. The van der Waals surface area contributed by atoms with Crippen LogP contribution in [0.1, 0.15) is 20.3 Å². The third-order valence-corrected chi connectivity index (χ3v) is 2.87. The van der Waals surface area contributed by atoms with Gasteiger partial charge in [-0.15, -0.1) is 0 Å². The van der Waals surface area contributed by atoms with E-state index in [9.17, 15) is 0 Å². The summed E-state index contributed by atoms with van der Waals surface area (Å²) in [4.78, 5) is 8.42. The van der Waals surface area contributed by atoms with Crippen LogP contribution in [-0.2, 0) is 6.54 Å². The van der Waals surface area contributed by atoms with Gasteiger partial charge in [-0.05, 0) is 29.3 Å². The number of aryl methyl sites for hydroxylation is 1. The molecule has 2 heterocycles. The number of halogens is 1. The van der Waals surface area contributed by atoms with Crippen LogP contribution in [0.15, 0.2) is 23.1 Å². The van der Waals surface area contributed by atoms with Crippen molar-refractivity contribution in [1.82, 2.24) is 19.7 Å². The summed E-state index contributed by atoms with van der Waals surface area (Å²) in [5, 5.41) is 7.25.